The number of hydrogen-bond acceptors (Lipinski definition) is 3. The van der Waals surface area contributed by atoms with Crippen LogP contribution in [0.15, 0.2) is 18.5 Å². The smallest absolute Gasteiger partial charge is 0.252 e. The van der Waals surface area contributed by atoms with Crippen LogP contribution in [0.1, 0.15) is 44.5 Å². The summed E-state index contributed by atoms with van der Waals surface area (Å²) in [6.45, 7) is 10.1. The molecule has 0 aromatic carbocycles. The first-order valence-electron chi connectivity index (χ1n) is 6.96. The molecule has 106 valence electrons. The topological polar surface area (TPSA) is 54.0 Å². The predicted molar refractivity (Wildman–Crippen MR) is 79.4 cm³/mol. The van der Waals surface area contributed by atoms with Gasteiger partial charge in [0.25, 0.3) is 5.91 Å². The zero-order valence-corrected chi connectivity index (χ0v) is 12.4. The summed E-state index contributed by atoms with van der Waals surface area (Å²) < 4.78 is 0. The third-order valence-electron chi connectivity index (χ3n) is 2.72. The van der Waals surface area contributed by atoms with Crippen LogP contribution in [0.3, 0.4) is 0 Å². The minimum atomic E-state index is -0.0614. The maximum atomic E-state index is 11.9. The van der Waals surface area contributed by atoms with E-state index in [-0.39, 0.29) is 5.91 Å². The fraction of sp³-hybridized carbons (Fsp3) is 0.600. The lowest BCUT2D eigenvalue weighted by atomic mass is 10.1. The SMILES string of the molecule is CC(C)CCNc1cncc(C(=O)NCC(C)C)c1. The maximum Gasteiger partial charge on any atom is 0.252 e. The number of pyridine rings is 1. The molecule has 0 aliphatic rings. The maximum absolute atomic E-state index is 11.9. The van der Waals surface area contributed by atoms with Crippen molar-refractivity contribution in [2.24, 2.45) is 11.8 Å². The van der Waals surface area contributed by atoms with E-state index in [1.165, 1.54) is 0 Å². The standard InChI is InChI=1S/C15H25N3O/c1-11(2)5-6-17-14-7-13(9-16-10-14)15(19)18-8-12(3)4/h7,9-12,17H,5-6,8H2,1-4H3,(H,18,19). The Morgan fingerprint density at radius 2 is 1.95 bits per heavy atom. The van der Waals surface area contributed by atoms with Crippen LogP contribution in [0, 0.1) is 11.8 Å². The van der Waals surface area contributed by atoms with E-state index in [4.69, 9.17) is 0 Å². The average molecular weight is 263 g/mol. The van der Waals surface area contributed by atoms with Gasteiger partial charge in [-0.3, -0.25) is 9.78 Å². The van der Waals surface area contributed by atoms with Crippen LogP contribution >= 0.6 is 0 Å². The molecule has 0 spiro atoms. The van der Waals surface area contributed by atoms with Crippen molar-refractivity contribution in [2.75, 3.05) is 18.4 Å². The molecule has 4 heteroatoms. The number of carbonyl (C=O) groups excluding carboxylic acids is 1. The fourth-order valence-corrected chi connectivity index (χ4v) is 1.56. The molecule has 2 N–H and O–H groups in total. The van der Waals surface area contributed by atoms with Crippen LogP contribution in [-0.2, 0) is 0 Å². The summed E-state index contributed by atoms with van der Waals surface area (Å²) in [4.78, 5) is 16.0. The molecule has 1 aromatic rings. The molecule has 1 aromatic heterocycles. The first-order valence-corrected chi connectivity index (χ1v) is 6.96. The van der Waals surface area contributed by atoms with E-state index < -0.39 is 0 Å². The monoisotopic (exact) mass is 263 g/mol. The van der Waals surface area contributed by atoms with Crippen molar-refractivity contribution >= 4 is 11.6 Å². The number of amides is 1. The van der Waals surface area contributed by atoms with Gasteiger partial charge >= 0.3 is 0 Å². The van der Waals surface area contributed by atoms with E-state index >= 15 is 0 Å². The normalized spacial score (nSPS) is 10.8. The molecule has 1 amide bonds. The highest BCUT2D eigenvalue weighted by molar-refractivity contribution is 5.94. The Hall–Kier alpha value is -1.58. The van der Waals surface area contributed by atoms with Crippen LogP contribution in [0.5, 0.6) is 0 Å². The van der Waals surface area contributed by atoms with E-state index in [2.05, 4.69) is 43.3 Å². The van der Waals surface area contributed by atoms with Gasteiger partial charge in [0.1, 0.15) is 0 Å². The summed E-state index contributed by atoms with van der Waals surface area (Å²) >= 11 is 0. The summed E-state index contributed by atoms with van der Waals surface area (Å²) in [5.41, 5.74) is 1.51. The molecule has 0 radical (unpaired) electrons. The van der Waals surface area contributed by atoms with Gasteiger partial charge in [-0.25, -0.2) is 0 Å². The number of carbonyl (C=O) groups is 1. The Bertz CT molecular complexity index is 402. The Morgan fingerprint density at radius 3 is 2.58 bits per heavy atom. The number of anilines is 1. The van der Waals surface area contributed by atoms with E-state index in [0.29, 0.717) is 23.9 Å². The second kappa shape index (κ2) is 7.77. The lowest BCUT2D eigenvalue weighted by Gasteiger charge is -2.10. The summed E-state index contributed by atoms with van der Waals surface area (Å²) in [6, 6.07) is 1.85. The molecule has 0 bridgehead atoms. The third-order valence-corrected chi connectivity index (χ3v) is 2.72. The second-order valence-corrected chi connectivity index (χ2v) is 5.68. The second-order valence-electron chi connectivity index (χ2n) is 5.68. The predicted octanol–water partition coefficient (Wildman–Crippen LogP) is 2.93. The lowest BCUT2D eigenvalue weighted by Crippen LogP contribution is -2.27. The summed E-state index contributed by atoms with van der Waals surface area (Å²) in [6.07, 6.45) is 4.45. The highest BCUT2D eigenvalue weighted by Crippen LogP contribution is 2.09. The van der Waals surface area contributed by atoms with Gasteiger partial charge in [0, 0.05) is 25.5 Å². The molecule has 19 heavy (non-hydrogen) atoms. The van der Waals surface area contributed by atoms with Gasteiger partial charge < -0.3 is 10.6 Å². The highest BCUT2D eigenvalue weighted by atomic mass is 16.1. The van der Waals surface area contributed by atoms with Crippen molar-refractivity contribution in [2.45, 2.75) is 34.1 Å². The average Bonchev–Trinajstić information content (AvgIpc) is 2.36. The summed E-state index contributed by atoms with van der Waals surface area (Å²) in [5.74, 6) is 1.05. The number of aromatic nitrogens is 1. The number of rotatable bonds is 7. The molecule has 0 unspecified atom stereocenters. The van der Waals surface area contributed by atoms with Crippen molar-refractivity contribution in [1.82, 2.24) is 10.3 Å². The minimum Gasteiger partial charge on any atom is -0.384 e. The van der Waals surface area contributed by atoms with Gasteiger partial charge in [0.15, 0.2) is 0 Å². The largest absolute Gasteiger partial charge is 0.384 e. The van der Waals surface area contributed by atoms with Gasteiger partial charge in [-0.05, 0) is 24.3 Å². The number of hydrogen-bond donors (Lipinski definition) is 2. The van der Waals surface area contributed by atoms with E-state index in [1.807, 2.05) is 6.07 Å². The Kier molecular flexibility index (Phi) is 6.33. The van der Waals surface area contributed by atoms with Gasteiger partial charge in [-0.1, -0.05) is 27.7 Å². The first kappa shape index (κ1) is 15.5. The number of nitrogens with zero attached hydrogens (tertiary/aromatic N) is 1. The molecule has 4 nitrogen and oxygen atoms in total. The van der Waals surface area contributed by atoms with Crippen LogP contribution < -0.4 is 10.6 Å². The van der Waals surface area contributed by atoms with Crippen molar-refractivity contribution in [3.63, 3.8) is 0 Å². The molecular weight excluding hydrogens is 238 g/mol. The third kappa shape index (κ3) is 6.22. The van der Waals surface area contributed by atoms with Crippen molar-refractivity contribution in [3.05, 3.63) is 24.0 Å². The quantitative estimate of drug-likeness (QED) is 0.795. The van der Waals surface area contributed by atoms with Crippen LogP contribution in [0.25, 0.3) is 0 Å². The Labute approximate surface area is 116 Å². The van der Waals surface area contributed by atoms with Crippen molar-refractivity contribution in [1.29, 1.82) is 0 Å². The van der Waals surface area contributed by atoms with Gasteiger partial charge in [-0.15, -0.1) is 0 Å². The zero-order valence-electron chi connectivity index (χ0n) is 12.4. The number of nitrogens with one attached hydrogen (secondary N) is 2. The molecule has 0 aliphatic heterocycles. The zero-order chi connectivity index (χ0) is 14.3. The van der Waals surface area contributed by atoms with E-state index in [9.17, 15) is 4.79 Å². The molecule has 0 atom stereocenters. The molecule has 0 saturated carbocycles. The van der Waals surface area contributed by atoms with Crippen molar-refractivity contribution < 1.29 is 4.79 Å². The summed E-state index contributed by atoms with van der Waals surface area (Å²) in [5, 5.41) is 6.19. The molecule has 0 aliphatic carbocycles. The molecule has 1 heterocycles. The highest BCUT2D eigenvalue weighted by Gasteiger charge is 2.07. The fourth-order valence-electron chi connectivity index (χ4n) is 1.56. The van der Waals surface area contributed by atoms with Gasteiger partial charge in [0.05, 0.1) is 11.3 Å². The van der Waals surface area contributed by atoms with Crippen LogP contribution in [-0.4, -0.2) is 24.0 Å². The van der Waals surface area contributed by atoms with E-state index in [1.54, 1.807) is 12.4 Å². The minimum absolute atomic E-state index is 0.0614. The van der Waals surface area contributed by atoms with Gasteiger partial charge in [0.2, 0.25) is 0 Å². The van der Waals surface area contributed by atoms with Crippen LogP contribution in [0.4, 0.5) is 5.69 Å². The molecular formula is C15H25N3O. The van der Waals surface area contributed by atoms with Crippen molar-refractivity contribution in [3.8, 4) is 0 Å². The molecule has 0 fully saturated rings. The van der Waals surface area contributed by atoms with E-state index in [0.717, 1.165) is 18.7 Å². The Morgan fingerprint density at radius 1 is 1.21 bits per heavy atom. The molecule has 0 saturated heterocycles. The molecule has 1 rings (SSSR count). The van der Waals surface area contributed by atoms with Crippen LogP contribution in [0.2, 0.25) is 0 Å². The summed E-state index contributed by atoms with van der Waals surface area (Å²) in [7, 11) is 0. The first-order chi connectivity index (χ1) is 8.99. The Balaban J connectivity index is 2.53. The van der Waals surface area contributed by atoms with Gasteiger partial charge in [-0.2, -0.15) is 0 Å². The lowest BCUT2D eigenvalue weighted by molar-refractivity contribution is 0.0948.